The van der Waals surface area contributed by atoms with Gasteiger partial charge < -0.3 is 10.2 Å². The highest BCUT2D eigenvalue weighted by molar-refractivity contribution is 6.31. The van der Waals surface area contributed by atoms with Crippen LogP contribution in [-0.4, -0.2) is 24.4 Å². The molecule has 0 aliphatic carbocycles. The number of hydrogen-bond acceptors (Lipinski definition) is 3. The van der Waals surface area contributed by atoms with Gasteiger partial charge in [-0.2, -0.15) is 0 Å². The zero-order valence-corrected chi connectivity index (χ0v) is 13.6. The number of nitro groups is 1. The van der Waals surface area contributed by atoms with Crippen LogP contribution in [0.1, 0.15) is 5.56 Å². The van der Waals surface area contributed by atoms with Crippen molar-refractivity contribution in [2.45, 2.75) is 6.54 Å². The summed E-state index contributed by atoms with van der Waals surface area (Å²) in [6, 6.07) is 10.1. The van der Waals surface area contributed by atoms with Crippen LogP contribution >= 0.6 is 11.6 Å². The lowest BCUT2D eigenvalue weighted by Gasteiger charge is -2.15. The molecular weight excluding hydrogens is 337 g/mol. The van der Waals surface area contributed by atoms with E-state index in [-0.39, 0.29) is 24.7 Å². The molecule has 0 radical (unpaired) electrons. The molecule has 0 aliphatic rings. The predicted octanol–water partition coefficient (Wildman–Crippen LogP) is 2.04. The number of nitro benzene ring substituents is 1. The standard InChI is InChI=1S/C16H15ClFN3O3/c1-20(9-13-14(17)6-3-7-15(13)18)10-16(22)19-11-4-2-5-12(8-11)21(23)24/h2-8H,9-10H2,1H3,(H,19,22)/p+1. The Labute approximate surface area is 143 Å². The third kappa shape index (κ3) is 4.74. The summed E-state index contributed by atoms with van der Waals surface area (Å²) in [7, 11) is 1.73. The maximum absolute atomic E-state index is 13.8. The fourth-order valence-electron chi connectivity index (χ4n) is 2.24. The largest absolute Gasteiger partial charge is 0.326 e. The summed E-state index contributed by atoms with van der Waals surface area (Å²) >= 11 is 5.97. The van der Waals surface area contributed by atoms with E-state index in [1.807, 2.05) is 0 Å². The number of rotatable bonds is 6. The van der Waals surface area contributed by atoms with Gasteiger partial charge in [0, 0.05) is 17.8 Å². The molecule has 2 N–H and O–H groups in total. The summed E-state index contributed by atoms with van der Waals surface area (Å²) in [5.41, 5.74) is 0.581. The van der Waals surface area contributed by atoms with Crippen LogP contribution in [0.5, 0.6) is 0 Å². The van der Waals surface area contributed by atoms with Gasteiger partial charge in [-0.3, -0.25) is 14.9 Å². The van der Waals surface area contributed by atoms with Gasteiger partial charge in [-0.05, 0) is 18.2 Å². The third-order valence-corrected chi connectivity index (χ3v) is 3.70. The molecule has 0 aliphatic heterocycles. The number of carbonyl (C=O) groups excluding carboxylic acids is 1. The van der Waals surface area contributed by atoms with Crippen LogP contribution < -0.4 is 10.2 Å². The minimum atomic E-state index is -0.535. The highest BCUT2D eigenvalue weighted by Gasteiger charge is 2.16. The zero-order chi connectivity index (χ0) is 17.7. The summed E-state index contributed by atoms with van der Waals surface area (Å²) in [4.78, 5) is 23.0. The Hall–Kier alpha value is -2.51. The molecule has 0 saturated heterocycles. The van der Waals surface area contributed by atoms with E-state index in [1.165, 1.54) is 30.3 Å². The van der Waals surface area contributed by atoms with Crippen molar-refractivity contribution in [3.63, 3.8) is 0 Å². The Balaban J connectivity index is 1.97. The van der Waals surface area contributed by atoms with Gasteiger partial charge in [0.1, 0.15) is 12.4 Å². The van der Waals surface area contributed by atoms with E-state index in [0.717, 1.165) is 4.90 Å². The second-order valence-electron chi connectivity index (χ2n) is 5.37. The van der Waals surface area contributed by atoms with E-state index < -0.39 is 10.7 Å². The molecule has 0 fully saturated rings. The molecule has 24 heavy (non-hydrogen) atoms. The summed E-state index contributed by atoms with van der Waals surface area (Å²) in [5, 5.41) is 13.6. The quantitative estimate of drug-likeness (QED) is 0.617. The van der Waals surface area contributed by atoms with Crippen LogP contribution in [-0.2, 0) is 11.3 Å². The highest BCUT2D eigenvalue weighted by Crippen LogP contribution is 2.18. The van der Waals surface area contributed by atoms with Gasteiger partial charge in [0.05, 0.1) is 22.6 Å². The van der Waals surface area contributed by atoms with Crippen molar-refractivity contribution >= 4 is 28.9 Å². The number of halogens is 2. The van der Waals surface area contributed by atoms with Gasteiger partial charge in [0.2, 0.25) is 0 Å². The fraction of sp³-hybridized carbons (Fsp3) is 0.188. The summed E-state index contributed by atoms with van der Waals surface area (Å²) in [6.45, 7) is 0.307. The molecule has 0 bridgehead atoms. The monoisotopic (exact) mass is 352 g/mol. The van der Waals surface area contributed by atoms with Crippen molar-refractivity contribution in [3.05, 3.63) is 69.0 Å². The number of carbonyl (C=O) groups is 1. The van der Waals surface area contributed by atoms with Crippen LogP contribution in [0.15, 0.2) is 42.5 Å². The van der Waals surface area contributed by atoms with E-state index in [1.54, 1.807) is 19.2 Å². The average Bonchev–Trinajstić information content (AvgIpc) is 2.51. The molecule has 1 atom stereocenters. The van der Waals surface area contributed by atoms with Gasteiger partial charge in [-0.25, -0.2) is 4.39 Å². The zero-order valence-electron chi connectivity index (χ0n) is 12.9. The van der Waals surface area contributed by atoms with Crippen molar-refractivity contribution in [1.29, 1.82) is 0 Å². The summed E-state index contributed by atoms with van der Waals surface area (Å²) in [6.07, 6.45) is 0. The lowest BCUT2D eigenvalue weighted by Crippen LogP contribution is -3.08. The number of nitrogens with one attached hydrogen (secondary N) is 2. The lowest BCUT2D eigenvalue weighted by molar-refractivity contribution is -0.885. The molecule has 2 aromatic carbocycles. The van der Waals surface area contributed by atoms with Crippen LogP contribution in [0.3, 0.4) is 0 Å². The minimum absolute atomic E-state index is 0.0629. The molecule has 0 saturated carbocycles. The molecule has 8 heteroatoms. The highest BCUT2D eigenvalue weighted by atomic mass is 35.5. The fourth-order valence-corrected chi connectivity index (χ4v) is 2.47. The second kappa shape index (κ2) is 7.85. The number of likely N-dealkylation sites (N-methyl/N-ethyl adjacent to an activating group) is 1. The van der Waals surface area contributed by atoms with Crippen molar-refractivity contribution in [2.24, 2.45) is 0 Å². The molecule has 6 nitrogen and oxygen atoms in total. The lowest BCUT2D eigenvalue weighted by atomic mass is 10.2. The van der Waals surface area contributed by atoms with Gasteiger partial charge in [-0.1, -0.05) is 23.7 Å². The number of amides is 1. The molecule has 2 rings (SSSR count). The van der Waals surface area contributed by atoms with Crippen molar-refractivity contribution in [2.75, 3.05) is 18.9 Å². The normalized spacial score (nSPS) is 11.8. The third-order valence-electron chi connectivity index (χ3n) is 3.34. The van der Waals surface area contributed by atoms with E-state index >= 15 is 0 Å². The number of quaternary nitrogens is 1. The topological polar surface area (TPSA) is 76.7 Å². The molecule has 2 aromatic rings. The Bertz CT molecular complexity index is 750. The first-order chi connectivity index (χ1) is 11.4. The van der Waals surface area contributed by atoms with Crippen molar-refractivity contribution in [1.82, 2.24) is 0 Å². The molecular formula is C16H16ClFN3O3+. The average molecular weight is 353 g/mol. The summed E-state index contributed by atoms with van der Waals surface area (Å²) < 4.78 is 13.8. The van der Waals surface area contributed by atoms with Crippen LogP contribution in [0.4, 0.5) is 15.8 Å². The SMILES string of the molecule is C[NH+](CC(=O)Nc1cccc([N+](=O)[O-])c1)Cc1c(F)cccc1Cl. The van der Waals surface area contributed by atoms with E-state index in [2.05, 4.69) is 5.32 Å². The van der Waals surface area contributed by atoms with Gasteiger partial charge in [-0.15, -0.1) is 0 Å². The number of hydrogen-bond donors (Lipinski definition) is 2. The maximum atomic E-state index is 13.8. The van der Waals surface area contributed by atoms with Crippen molar-refractivity contribution < 1.29 is 19.0 Å². The van der Waals surface area contributed by atoms with Crippen molar-refractivity contribution in [3.8, 4) is 0 Å². The Morgan fingerprint density at radius 3 is 2.71 bits per heavy atom. The molecule has 0 heterocycles. The molecule has 126 valence electrons. The smallest absolute Gasteiger partial charge is 0.279 e. The van der Waals surface area contributed by atoms with E-state index in [9.17, 15) is 19.3 Å². The molecule has 1 unspecified atom stereocenters. The molecule has 0 spiro atoms. The number of anilines is 1. The van der Waals surface area contributed by atoms with E-state index in [0.29, 0.717) is 16.3 Å². The molecule has 1 amide bonds. The second-order valence-corrected chi connectivity index (χ2v) is 5.77. The van der Waals surface area contributed by atoms with Gasteiger partial charge in [0.25, 0.3) is 11.6 Å². The molecule has 0 aromatic heterocycles. The first kappa shape index (κ1) is 17.8. The summed E-state index contributed by atoms with van der Waals surface area (Å²) in [5.74, 6) is -0.749. The Morgan fingerprint density at radius 1 is 1.33 bits per heavy atom. The first-order valence-corrected chi connectivity index (χ1v) is 7.53. The van der Waals surface area contributed by atoms with Crippen LogP contribution in [0.25, 0.3) is 0 Å². The van der Waals surface area contributed by atoms with Gasteiger partial charge in [0.15, 0.2) is 6.54 Å². The van der Waals surface area contributed by atoms with E-state index in [4.69, 9.17) is 11.6 Å². The number of nitrogens with zero attached hydrogens (tertiary/aromatic N) is 1. The van der Waals surface area contributed by atoms with Crippen LogP contribution in [0, 0.1) is 15.9 Å². The minimum Gasteiger partial charge on any atom is -0.326 e. The number of benzene rings is 2. The maximum Gasteiger partial charge on any atom is 0.279 e. The number of non-ortho nitro benzene ring substituents is 1. The first-order valence-electron chi connectivity index (χ1n) is 7.15. The Kier molecular flexibility index (Phi) is 5.83. The predicted molar refractivity (Wildman–Crippen MR) is 88.6 cm³/mol. The van der Waals surface area contributed by atoms with Gasteiger partial charge >= 0.3 is 0 Å². The van der Waals surface area contributed by atoms with Crippen LogP contribution in [0.2, 0.25) is 5.02 Å². The Morgan fingerprint density at radius 2 is 2.04 bits per heavy atom.